The molecule has 0 amide bonds. The van der Waals surface area contributed by atoms with Crippen LogP contribution < -0.4 is 0 Å². The second-order valence-electron chi connectivity index (χ2n) is 4.69. The van der Waals surface area contributed by atoms with E-state index in [0.29, 0.717) is 9.88 Å². The number of methoxy groups -OCH3 is 1. The number of ether oxygens (including phenoxy) is 1. The van der Waals surface area contributed by atoms with Crippen LogP contribution in [0.3, 0.4) is 0 Å². The molecule has 0 saturated carbocycles. The first-order valence-corrected chi connectivity index (χ1v) is 7.51. The Bertz CT molecular complexity index is 859. The Balaban J connectivity index is 2.07. The van der Waals surface area contributed by atoms with Crippen LogP contribution in [0.15, 0.2) is 48.7 Å². The van der Waals surface area contributed by atoms with Gasteiger partial charge in [0, 0.05) is 17.3 Å². The van der Waals surface area contributed by atoms with Crippen LogP contribution in [0.1, 0.15) is 10.4 Å². The highest BCUT2D eigenvalue weighted by Crippen LogP contribution is 2.35. The number of benzene rings is 2. The summed E-state index contributed by atoms with van der Waals surface area (Å²) in [5.41, 5.74) is 1.02. The van der Waals surface area contributed by atoms with Crippen LogP contribution in [-0.2, 0) is 4.74 Å². The number of halogens is 2. The molecule has 0 aliphatic carbocycles. The molecule has 2 aromatic carbocycles. The van der Waals surface area contributed by atoms with Gasteiger partial charge in [-0.25, -0.2) is 18.6 Å². The lowest BCUT2D eigenvalue weighted by Crippen LogP contribution is -2.04. The molecule has 0 aliphatic rings. The predicted molar refractivity (Wildman–Crippen MR) is 84.2 cm³/mol. The van der Waals surface area contributed by atoms with E-state index in [0.717, 1.165) is 5.56 Å². The number of carbonyl (C=O) groups excluding carboxylic acids is 1. The maximum Gasteiger partial charge on any atom is 0.338 e. The van der Waals surface area contributed by atoms with Gasteiger partial charge in [-0.15, -0.1) is 11.3 Å². The van der Waals surface area contributed by atoms with E-state index < -0.39 is 11.8 Å². The van der Waals surface area contributed by atoms with Crippen molar-refractivity contribution in [3.8, 4) is 21.0 Å². The van der Waals surface area contributed by atoms with Crippen molar-refractivity contribution in [2.45, 2.75) is 0 Å². The van der Waals surface area contributed by atoms with Crippen molar-refractivity contribution in [2.75, 3.05) is 7.11 Å². The number of thiazole rings is 1. The standard InChI is InChI=1S/C17H11F2NO2S/c1-22-17(21)12-3-2-4-13(19)15(12)14-9-20-16(23-14)10-5-7-11(18)8-6-10/h2-9H,1H3. The molecule has 0 unspecified atom stereocenters. The lowest BCUT2D eigenvalue weighted by Gasteiger charge is -2.06. The van der Waals surface area contributed by atoms with Gasteiger partial charge in [0.25, 0.3) is 0 Å². The van der Waals surface area contributed by atoms with Crippen LogP contribution in [-0.4, -0.2) is 18.1 Å². The van der Waals surface area contributed by atoms with Crippen molar-refractivity contribution in [3.63, 3.8) is 0 Å². The fourth-order valence-corrected chi connectivity index (χ4v) is 3.15. The zero-order chi connectivity index (χ0) is 16.4. The summed E-state index contributed by atoms with van der Waals surface area (Å²) in [7, 11) is 1.24. The average Bonchev–Trinajstić information content (AvgIpc) is 3.04. The van der Waals surface area contributed by atoms with Crippen molar-refractivity contribution in [1.29, 1.82) is 0 Å². The third-order valence-electron chi connectivity index (χ3n) is 3.26. The van der Waals surface area contributed by atoms with Gasteiger partial charge in [0.15, 0.2) is 0 Å². The highest BCUT2D eigenvalue weighted by molar-refractivity contribution is 7.18. The van der Waals surface area contributed by atoms with E-state index >= 15 is 0 Å². The lowest BCUT2D eigenvalue weighted by atomic mass is 10.1. The molecular formula is C17H11F2NO2S. The van der Waals surface area contributed by atoms with Crippen LogP contribution in [0.25, 0.3) is 21.0 Å². The van der Waals surface area contributed by atoms with E-state index in [1.54, 1.807) is 12.1 Å². The Morgan fingerprint density at radius 1 is 1.13 bits per heavy atom. The molecule has 0 saturated heterocycles. The molecule has 0 spiro atoms. The van der Waals surface area contributed by atoms with E-state index in [4.69, 9.17) is 4.74 Å². The minimum Gasteiger partial charge on any atom is -0.465 e. The van der Waals surface area contributed by atoms with Crippen LogP contribution in [0.2, 0.25) is 0 Å². The molecule has 0 N–H and O–H groups in total. The SMILES string of the molecule is COC(=O)c1cccc(F)c1-c1cnc(-c2ccc(F)cc2)s1. The van der Waals surface area contributed by atoms with Crippen molar-refractivity contribution in [1.82, 2.24) is 4.98 Å². The zero-order valence-electron chi connectivity index (χ0n) is 12.0. The molecule has 23 heavy (non-hydrogen) atoms. The second kappa shape index (κ2) is 6.26. The van der Waals surface area contributed by atoms with Gasteiger partial charge in [0.2, 0.25) is 0 Å². The number of aromatic nitrogens is 1. The van der Waals surface area contributed by atoms with Gasteiger partial charge in [-0.3, -0.25) is 0 Å². The molecule has 0 radical (unpaired) electrons. The number of hydrogen-bond acceptors (Lipinski definition) is 4. The normalized spacial score (nSPS) is 10.6. The van der Waals surface area contributed by atoms with Crippen molar-refractivity contribution in [2.24, 2.45) is 0 Å². The Morgan fingerprint density at radius 3 is 2.57 bits per heavy atom. The van der Waals surface area contributed by atoms with E-state index in [-0.39, 0.29) is 16.9 Å². The molecule has 3 aromatic rings. The topological polar surface area (TPSA) is 39.2 Å². The molecule has 1 heterocycles. The molecule has 0 aliphatic heterocycles. The molecule has 0 atom stereocenters. The predicted octanol–water partition coefficient (Wildman–Crippen LogP) is 4.54. The van der Waals surface area contributed by atoms with E-state index in [9.17, 15) is 13.6 Å². The first-order chi connectivity index (χ1) is 11.1. The van der Waals surface area contributed by atoms with Gasteiger partial charge in [-0.05, 0) is 36.4 Å². The van der Waals surface area contributed by atoms with Gasteiger partial charge < -0.3 is 4.74 Å². The fourth-order valence-electron chi connectivity index (χ4n) is 2.17. The van der Waals surface area contributed by atoms with Gasteiger partial charge in [0.05, 0.1) is 17.6 Å². The minimum absolute atomic E-state index is 0.141. The maximum absolute atomic E-state index is 14.2. The summed E-state index contributed by atoms with van der Waals surface area (Å²) in [6, 6.07) is 10.1. The summed E-state index contributed by atoms with van der Waals surface area (Å²) >= 11 is 1.22. The van der Waals surface area contributed by atoms with Gasteiger partial charge >= 0.3 is 5.97 Å². The van der Waals surface area contributed by atoms with Gasteiger partial charge in [-0.1, -0.05) is 6.07 Å². The number of esters is 1. The zero-order valence-corrected chi connectivity index (χ0v) is 12.9. The van der Waals surface area contributed by atoms with E-state index in [1.165, 1.54) is 55.0 Å². The third-order valence-corrected chi connectivity index (χ3v) is 4.33. The van der Waals surface area contributed by atoms with Crippen LogP contribution in [0, 0.1) is 11.6 Å². The first kappa shape index (κ1) is 15.3. The van der Waals surface area contributed by atoms with E-state index in [2.05, 4.69) is 4.98 Å². The fraction of sp³-hybridized carbons (Fsp3) is 0.0588. The Morgan fingerprint density at radius 2 is 1.87 bits per heavy atom. The highest BCUT2D eigenvalue weighted by atomic mass is 32.1. The molecule has 0 fully saturated rings. The quantitative estimate of drug-likeness (QED) is 0.661. The summed E-state index contributed by atoms with van der Waals surface area (Å²) in [6.07, 6.45) is 1.49. The average molecular weight is 331 g/mol. The van der Waals surface area contributed by atoms with Crippen LogP contribution in [0.4, 0.5) is 8.78 Å². The molecule has 3 nitrogen and oxygen atoms in total. The maximum atomic E-state index is 14.2. The Hall–Kier alpha value is -2.60. The summed E-state index contributed by atoms with van der Waals surface area (Å²) in [6.45, 7) is 0. The lowest BCUT2D eigenvalue weighted by molar-refractivity contribution is 0.0601. The molecule has 116 valence electrons. The monoisotopic (exact) mass is 331 g/mol. The van der Waals surface area contributed by atoms with Crippen molar-refractivity contribution in [3.05, 3.63) is 65.9 Å². The summed E-state index contributed by atoms with van der Waals surface area (Å²) in [5, 5.41) is 0.610. The van der Waals surface area contributed by atoms with E-state index in [1.807, 2.05) is 0 Å². The largest absolute Gasteiger partial charge is 0.465 e. The molecule has 3 rings (SSSR count). The molecular weight excluding hydrogens is 320 g/mol. The summed E-state index contributed by atoms with van der Waals surface area (Å²) in [4.78, 5) is 16.6. The van der Waals surface area contributed by atoms with Crippen molar-refractivity contribution < 1.29 is 18.3 Å². The summed E-state index contributed by atoms with van der Waals surface area (Å²) in [5.74, 6) is -1.48. The molecule has 6 heteroatoms. The number of carbonyl (C=O) groups is 1. The molecule has 0 bridgehead atoms. The number of nitrogens with zero attached hydrogens (tertiary/aromatic N) is 1. The molecule has 1 aromatic heterocycles. The summed E-state index contributed by atoms with van der Waals surface area (Å²) < 4.78 is 31.9. The number of rotatable bonds is 3. The highest BCUT2D eigenvalue weighted by Gasteiger charge is 2.19. The third kappa shape index (κ3) is 2.98. The minimum atomic E-state index is -0.615. The Labute approximate surface area is 135 Å². The van der Waals surface area contributed by atoms with Crippen LogP contribution in [0.5, 0.6) is 0 Å². The Kier molecular flexibility index (Phi) is 4.16. The number of hydrogen-bond donors (Lipinski definition) is 0. The van der Waals surface area contributed by atoms with Crippen LogP contribution >= 0.6 is 11.3 Å². The first-order valence-electron chi connectivity index (χ1n) is 6.69. The second-order valence-corrected chi connectivity index (χ2v) is 5.72. The van der Waals surface area contributed by atoms with Gasteiger partial charge in [0.1, 0.15) is 16.6 Å². The van der Waals surface area contributed by atoms with Crippen molar-refractivity contribution >= 4 is 17.3 Å². The van der Waals surface area contributed by atoms with Gasteiger partial charge in [-0.2, -0.15) is 0 Å². The smallest absolute Gasteiger partial charge is 0.338 e.